The van der Waals surface area contributed by atoms with Crippen LogP contribution in [0.3, 0.4) is 0 Å². The fourth-order valence-electron chi connectivity index (χ4n) is 3.05. The number of hydrogen-bond donors (Lipinski definition) is 2. The Labute approximate surface area is 184 Å². The monoisotopic (exact) mass is 433 g/mol. The van der Waals surface area contributed by atoms with Crippen molar-refractivity contribution in [1.29, 1.82) is 0 Å². The number of hydrazine groups is 1. The van der Waals surface area contributed by atoms with E-state index < -0.39 is 5.91 Å². The van der Waals surface area contributed by atoms with Gasteiger partial charge in [0, 0.05) is 23.6 Å². The van der Waals surface area contributed by atoms with Gasteiger partial charge in [-0.15, -0.1) is 0 Å². The fraction of sp³-hybridized carbons (Fsp3) is 0.261. The zero-order valence-corrected chi connectivity index (χ0v) is 18.0. The van der Waals surface area contributed by atoms with E-state index in [4.69, 9.17) is 8.94 Å². The number of carbonyl (C=O) groups is 2. The average Bonchev–Trinajstić information content (AvgIpc) is 3.47. The van der Waals surface area contributed by atoms with Gasteiger partial charge in [0.1, 0.15) is 5.69 Å². The molecule has 0 radical (unpaired) electrons. The third-order valence-corrected chi connectivity index (χ3v) is 4.75. The van der Waals surface area contributed by atoms with Crippen molar-refractivity contribution < 1.29 is 18.5 Å². The minimum absolute atomic E-state index is 0.0841. The summed E-state index contributed by atoms with van der Waals surface area (Å²) in [6.07, 6.45) is 1.90. The first-order valence-electron chi connectivity index (χ1n) is 10.2. The summed E-state index contributed by atoms with van der Waals surface area (Å²) in [4.78, 5) is 33.9. The maximum absolute atomic E-state index is 12.8. The highest BCUT2D eigenvalue weighted by atomic mass is 16.5. The van der Waals surface area contributed by atoms with Crippen LogP contribution in [0.1, 0.15) is 49.3 Å². The van der Waals surface area contributed by atoms with Gasteiger partial charge in [-0.3, -0.25) is 20.4 Å². The van der Waals surface area contributed by atoms with E-state index in [0.29, 0.717) is 39.6 Å². The van der Waals surface area contributed by atoms with Crippen molar-refractivity contribution in [3.05, 3.63) is 66.0 Å². The molecule has 9 heteroatoms. The Morgan fingerprint density at radius 3 is 2.56 bits per heavy atom. The quantitative estimate of drug-likeness (QED) is 0.461. The Morgan fingerprint density at radius 2 is 1.84 bits per heavy atom. The predicted molar refractivity (Wildman–Crippen MR) is 116 cm³/mol. The molecule has 4 rings (SSSR count). The van der Waals surface area contributed by atoms with Crippen LogP contribution in [-0.4, -0.2) is 26.9 Å². The van der Waals surface area contributed by atoms with Gasteiger partial charge in [0.2, 0.25) is 11.8 Å². The number of fused-ring (bicyclic) bond motifs is 1. The van der Waals surface area contributed by atoms with E-state index in [0.717, 1.165) is 0 Å². The maximum Gasteiger partial charge on any atom is 0.270 e. The van der Waals surface area contributed by atoms with Crippen molar-refractivity contribution in [2.24, 2.45) is 0 Å². The van der Waals surface area contributed by atoms with Crippen LogP contribution in [0.5, 0.6) is 0 Å². The van der Waals surface area contributed by atoms with E-state index in [1.807, 2.05) is 39.0 Å². The fourth-order valence-corrected chi connectivity index (χ4v) is 3.05. The second kappa shape index (κ2) is 8.62. The molecule has 0 unspecified atom stereocenters. The first-order valence-corrected chi connectivity index (χ1v) is 10.2. The number of carbonyl (C=O) groups excluding carboxylic acids is 2. The number of pyridine rings is 1. The largest absolute Gasteiger partial charge is 0.463 e. The number of hydrogen-bond acceptors (Lipinski definition) is 7. The molecule has 2 amide bonds. The molecule has 0 spiro atoms. The Hall–Kier alpha value is -4.01. The molecule has 9 nitrogen and oxygen atoms in total. The van der Waals surface area contributed by atoms with Gasteiger partial charge in [0.25, 0.3) is 5.91 Å². The highest BCUT2D eigenvalue weighted by Crippen LogP contribution is 2.25. The van der Waals surface area contributed by atoms with Gasteiger partial charge < -0.3 is 8.94 Å². The van der Waals surface area contributed by atoms with E-state index in [2.05, 4.69) is 26.0 Å². The molecule has 0 aliphatic rings. The lowest BCUT2D eigenvalue weighted by Gasteiger charge is -2.11. The van der Waals surface area contributed by atoms with Gasteiger partial charge in [-0.05, 0) is 24.3 Å². The molecular weight excluding hydrogens is 410 g/mol. The molecule has 32 heavy (non-hydrogen) atoms. The molecule has 164 valence electrons. The molecule has 1 aromatic carbocycles. The number of nitrogens with zero attached hydrogens (tertiary/aromatic N) is 3. The molecule has 0 fully saturated rings. The summed E-state index contributed by atoms with van der Waals surface area (Å²) >= 11 is 0. The standard InChI is InChI=1S/C23H23N5O4/c1-23(2,3)22-25-20(32-28-22)11-10-19(29)26-27-21(30)15-13-17(18-9-6-12-31-18)24-16-8-5-4-7-14(15)16/h4-9,12-13H,10-11H2,1-3H3,(H,26,29)(H,27,30). The lowest BCUT2D eigenvalue weighted by atomic mass is 9.96. The van der Waals surface area contributed by atoms with Crippen LogP contribution < -0.4 is 10.9 Å². The number of aromatic nitrogens is 3. The molecule has 3 aromatic heterocycles. The Balaban J connectivity index is 1.42. The summed E-state index contributed by atoms with van der Waals surface area (Å²) in [5.74, 6) is 0.664. The van der Waals surface area contributed by atoms with E-state index >= 15 is 0 Å². The third kappa shape index (κ3) is 4.66. The number of para-hydroxylation sites is 1. The van der Waals surface area contributed by atoms with Crippen LogP contribution in [0.4, 0.5) is 0 Å². The molecule has 0 atom stereocenters. The highest BCUT2D eigenvalue weighted by molar-refractivity contribution is 6.07. The Morgan fingerprint density at radius 1 is 1.03 bits per heavy atom. The molecule has 0 saturated heterocycles. The first-order chi connectivity index (χ1) is 15.3. The molecule has 0 saturated carbocycles. The molecular formula is C23H23N5O4. The summed E-state index contributed by atoms with van der Waals surface area (Å²) in [5, 5.41) is 4.60. The zero-order valence-electron chi connectivity index (χ0n) is 18.0. The van der Waals surface area contributed by atoms with Crippen LogP contribution in [-0.2, 0) is 16.6 Å². The Kier molecular flexibility index (Phi) is 5.72. The first kappa shape index (κ1) is 21.2. The van der Waals surface area contributed by atoms with E-state index in [9.17, 15) is 9.59 Å². The average molecular weight is 433 g/mol. The van der Waals surface area contributed by atoms with Gasteiger partial charge in [0.15, 0.2) is 11.6 Å². The van der Waals surface area contributed by atoms with Crippen molar-refractivity contribution in [1.82, 2.24) is 26.0 Å². The summed E-state index contributed by atoms with van der Waals surface area (Å²) in [6, 6.07) is 12.4. The lowest BCUT2D eigenvalue weighted by molar-refractivity contribution is -0.121. The summed E-state index contributed by atoms with van der Waals surface area (Å²) < 4.78 is 10.6. The maximum atomic E-state index is 12.8. The topological polar surface area (TPSA) is 123 Å². The number of furan rings is 1. The molecule has 4 aromatic rings. The molecule has 0 aliphatic carbocycles. The van der Waals surface area contributed by atoms with Crippen LogP contribution in [0, 0.1) is 0 Å². The zero-order chi connectivity index (χ0) is 22.7. The predicted octanol–water partition coefficient (Wildman–Crippen LogP) is 3.57. The Bertz CT molecular complexity index is 1260. The molecule has 0 bridgehead atoms. The van der Waals surface area contributed by atoms with Gasteiger partial charge in [-0.25, -0.2) is 4.98 Å². The van der Waals surface area contributed by atoms with E-state index in [1.54, 1.807) is 30.5 Å². The van der Waals surface area contributed by atoms with Gasteiger partial charge in [-0.1, -0.05) is 44.1 Å². The minimum Gasteiger partial charge on any atom is -0.463 e. The van der Waals surface area contributed by atoms with Crippen molar-refractivity contribution >= 4 is 22.7 Å². The van der Waals surface area contributed by atoms with Crippen LogP contribution in [0.15, 0.2) is 57.7 Å². The van der Waals surface area contributed by atoms with Gasteiger partial charge in [-0.2, -0.15) is 4.98 Å². The lowest BCUT2D eigenvalue weighted by Crippen LogP contribution is -2.41. The van der Waals surface area contributed by atoms with Gasteiger partial charge >= 0.3 is 0 Å². The van der Waals surface area contributed by atoms with Crippen molar-refractivity contribution in [2.75, 3.05) is 0 Å². The number of nitrogens with one attached hydrogen (secondary N) is 2. The van der Waals surface area contributed by atoms with Crippen molar-refractivity contribution in [2.45, 2.75) is 39.0 Å². The summed E-state index contributed by atoms with van der Waals surface area (Å²) in [5.41, 5.74) is 6.20. The van der Waals surface area contributed by atoms with Crippen LogP contribution in [0.2, 0.25) is 0 Å². The number of benzene rings is 1. The second-order valence-corrected chi connectivity index (χ2v) is 8.31. The summed E-state index contributed by atoms with van der Waals surface area (Å²) in [6.45, 7) is 5.93. The summed E-state index contributed by atoms with van der Waals surface area (Å²) in [7, 11) is 0. The van der Waals surface area contributed by atoms with E-state index in [-0.39, 0.29) is 24.2 Å². The third-order valence-electron chi connectivity index (χ3n) is 4.75. The smallest absolute Gasteiger partial charge is 0.270 e. The number of aryl methyl sites for hydroxylation is 1. The van der Waals surface area contributed by atoms with Crippen LogP contribution in [0.25, 0.3) is 22.4 Å². The second-order valence-electron chi connectivity index (χ2n) is 8.31. The van der Waals surface area contributed by atoms with Crippen molar-refractivity contribution in [3.8, 4) is 11.5 Å². The number of amides is 2. The van der Waals surface area contributed by atoms with Crippen LogP contribution >= 0.6 is 0 Å². The number of rotatable bonds is 5. The van der Waals surface area contributed by atoms with E-state index in [1.165, 1.54) is 0 Å². The van der Waals surface area contributed by atoms with Crippen molar-refractivity contribution in [3.63, 3.8) is 0 Å². The minimum atomic E-state index is -0.461. The molecule has 2 N–H and O–H groups in total. The highest BCUT2D eigenvalue weighted by Gasteiger charge is 2.21. The molecule has 0 aliphatic heterocycles. The SMILES string of the molecule is CC(C)(C)c1noc(CCC(=O)NNC(=O)c2cc(-c3ccco3)nc3ccccc23)n1. The van der Waals surface area contributed by atoms with Gasteiger partial charge in [0.05, 0.1) is 17.3 Å². The molecule has 3 heterocycles. The normalized spacial score (nSPS) is 11.5.